The summed E-state index contributed by atoms with van der Waals surface area (Å²) in [7, 11) is 0. The van der Waals surface area contributed by atoms with Crippen molar-refractivity contribution in [1.29, 1.82) is 0 Å². The molecular formula is C11H22N2O2. The number of nitrogens with one attached hydrogen (secondary N) is 1. The van der Waals surface area contributed by atoms with Crippen LogP contribution < -0.4 is 5.32 Å². The lowest BCUT2D eigenvalue weighted by atomic mass is 10.3. The van der Waals surface area contributed by atoms with Gasteiger partial charge in [0, 0.05) is 32.5 Å². The van der Waals surface area contributed by atoms with Gasteiger partial charge in [-0.25, -0.2) is 0 Å². The second kappa shape index (κ2) is 8.26. The Hall–Kier alpha value is -1.06. The molecule has 0 aromatic heterocycles. The summed E-state index contributed by atoms with van der Waals surface area (Å²) in [5.74, 6) is 0.193. The van der Waals surface area contributed by atoms with Gasteiger partial charge in [0.05, 0.1) is 0 Å². The minimum atomic E-state index is 0.0374. The van der Waals surface area contributed by atoms with Crippen LogP contribution in [0.2, 0.25) is 0 Å². The monoisotopic (exact) mass is 214 g/mol. The predicted molar refractivity (Wildman–Crippen MR) is 60.5 cm³/mol. The van der Waals surface area contributed by atoms with Crippen molar-refractivity contribution in [3.05, 3.63) is 0 Å². The zero-order valence-corrected chi connectivity index (χ0v) is 10.0. The molecule has 0 bridgehead atoms. The Kier molecular flexibility index (Phi) is 7.68. The normalized spacial score (nSPS) is 9.80. The van der Waals surface area contributed by atoms with Crippen molar-refractivity contribution in [2.45, 2.75) is 40.0 Å². The molecule has 0 saturated heterocycles. The highest BCUT2D eigenvalue weighted by Crippen LogP contribution is 1.95. The summed E-state index contributed by atoms with van der Waals surface area (Å²) < 4.78 is 0. The third kappa shape index (κ3) is 6.10. The molecule has 0 aromatic carbocycles. The van der Waals surface area contributed by atoms with E-state index in [4.69, 9.17) is 0 Å². The first-order valence-electron chi connectivity index (χ1n) is 5.70. The van der Waals surface area contributed by atoms with E-state index in [9.17, 15) is 9.59 Å². The zero-order valence-electron chi connectivity index (χ0n) is 10.0. The van der Waals surface area contributed by atoms with Gasteiger partial charge in [-0.15, -0.1) is 0 Å². The summed E-state index contributed by atoms with van der Waals surface area (Å²) in [5.41, 5.74) is 0. The molecule has 4 heteroatoms. The fraction of sp³-hybridized carbons (Fsp3) is 0.818. The molecule has 0 aliphatic heterocycles. The zero-order chi connectivity index (χ0) is 11.7. The summed E-state index contributed by atoms with van der Waals surface area (Å²) in [6.45, 7) is 7.66. The second-order valence-electron chi connectivity index (χ2n) is 3.44. The van der Waals surface area contributed by atoms with Crippen molar-refractivity contribution in [3.63, 3.8) is 0 Å². The van der Waals surface area contributed by atoms with Crippen LogP contribution in [0.1, 0.15) is 40.0 Å². The lowest BCUT2D eigenvalue weighted by molar-refractivity contribution is -0.131. The number of hydrogen-bond donors (Lipinski definition) is 1. The molecule has 4 nitrogen and oxygen atoms in total. The molecule has 0 heterocycles. The van der Waals surface area contributed by atoms with Crippen LogP contribution in [-0.2, 0) is 9.59 Å². The number of hydrogen-bond acceptors (Lipinski definition) is 2. The molecule has 0 rings (SSSR count). The fourth-order valence-electron chi connectivity index (χ4n) is 1.31. The van der Waals surface area contributed by atoms with Crippen LogP contribution in [0.4, 0.5) is 0 Å². The van der Waals surface area contributed by atoms with Gasteiger partial charge in [0.2, 0.25) is 11.8 Å². The summed E-state index contributed by atoms with van der Waals surface area (Å²) in [6, 6.07) is 0. The largest absolute Gasteiger partial charge is 0.354 e. The number of rotatable bonds is 7. The molecule has 0 aliphatic rings. The van der Waals surface area contributed by atoms with E-state index in [2.05, 4.69) is 5.32 Å². The van der Waals surface area contributed by atoms with Gasteiger partial charge in [-0.1, -0.05) is 20.8 Å². The van der Waals surface area contributed by atoms with Crippen LogP contribution >= 0.6 is 0 Å². The number of carbonyl (C=O) groups is 2. The Morgan fingerprint density at radius 2 is 1.73 bits per heavy atom. The first-order valence-corrected chi connectivity index (χ1v) is 5.70. The van der Waals surface area contributed by atoms with Crippen LogP contribution in [0.15, 0.2) is 0 Å². The molecule has 2 amide bonds. The van der Waals surface area contributed by atoms with Crippen molar-refractivity contribution in [2.75, 3.05) is 19.6 Å². The van der Waals surface area contributed by atoms with Crippen LogP contribution in [0.25, 0.3) is 0 Å². The Balaban J connectivity index is 3.85. The van der Waals surface area contributed by atoms with Crippen molar-refractivity contribution in [2.24, 2.45) is 0 Å². The quantitative estimate of drug-likeness (QED) is 0.691. The van der Waals surface area contributed by atoms with Crippen LogP contribution in [0, 0.1) is 0 Å². The average molecular weight is 214 g/mol. The van der Waals surface area contributed by atoms with Crippen molar-refractivity contribution < 1.29 is 9.59 Å². The third-order valence-corrected chi connectivity index (χ3v) is 2.17. The lowest BCUT2D eigenvalue weighted by Crippen LogP contribution is -2.38. The lowest BCUT2D eigenvalue weighted by Gasteiger charge is -2.21. The van der Waals surface area contributed by atoms with E-state index in [1.165, 1.54) is 0 Å². The van der Waals surface area contributed by atoms with E-state index in [0.717, 1.165) is 13.0 Å². The Morgan fingerprint density at radius 1 is 1.07 bits per heavy atom. The first-order chi connectivity index (χ1) is 7.15. The number of nitrogens with zero attached hydrogens (tertiary/aromatic N) is 1. The molecule has 0 saturated carbocycles. The molecule has 0 aliphatic carbocycles. The molecule has 15 heavy (non-hydrogen) atoms. The maximum Gasteiger partial charge on any atom is 0.222 e. The smallest absolute Gasteiger partial charge is 0.222 e. The summed E-state index contributed by atoms with van der Waals surface area (Å²) in [5, 5.41) is 2.77. The maximum absolute atomic E-state index is 11.5. The van der Waals surface area contributed by atoms with Gasteiger partial charge in [-0.3, -0.25) is 9.59 Å². The van der Waals surface area contributed by atoms with Crippen LogP contribution in [-0.4, -0.2) is 36.3 Å². The molecule has 0 unspecified atom stereocenters. The molecule has 0 fully saturated rings. The highest BCUT2D eigenvalue weighted by molar-refractivity contribution is 5.76. The molecule has 0 spiro atoms. The standard InChI is InChI=1S/C11H22N2O2/c1-4-8-13(11(15)6-3)9-7-12-10(14)5-2/h4-9H2,1-3H3,(H,12,14). The Labute approximate surface area is 92.0 Å². The van der Waals surface area contributed by atoms with Crippen LogP contribution in [0.3, 0.4) is 0 Å². The average Bonchev–Trinajstić information content (AvgIpc) is 2.26. The molecular weight excluding hydrogens is 192 g/mol. The van der Waals surface area contributed by atoms with Gasteiger partial charge in [-0.2, -0.15) is 0 Å². The summed E-state index contributed by atoms with van der Waals surface area (Å²) >= 11 is 0. The SMILES string of the molecule is CCCN(CCNC(=O)CC)C(=O)CC. The van der Waals surface area contributed by atoms with E-state index in [1.54, 1.807) is 4.90 Å². The van der Waals surface area contributed by atoms with E-state index in [-0.39, 0.29) is 11.8 Å². The minimum Gasteiger partial charge on any atom is -0.354 e. The van der Waals surface area contributed by atoms with Crippen molar-refractivity contribution in [1.82, 2.24) is 10.2 Å². The minimum absolute atomic E-state index is 0.0374. The van der Waals surface area contributed by atoms with Gasteiger partial charge in [0.25, 0.3) is 0 Å². The Bertz CT molecular complexity index is 205. The highest BCUT2D eigenvalue weighted by atomic mass is 16.2. The highest BCUT2D eigenvalue weighted by Gasteiger charge is 2.09. The van der Waals surface area contributed by atoms with Gasteiger partial charge in [0.1, 0.15) is 0 Å². The summed E-state index contributed by atoms with van der Waals surface area (Å²) in [4.78, 5) is 24.2. The van der Waals surface area contributed by atoms with Crippen LogP contribution in [0.5, 0.6) is 0 Å². The van der Waals surface area contributed by atoms with E-state index in [0.29, 0.717) is 25.9 Å². The van der Waals surface area contributed by atoms with Gasteiger partial charge in [-0.05, 0) is 6.42 Å². The van der Waals surface area contributed by atoms with E-state index < -0.39 is 0 Å². The molecule has 88 valence electrons. The van der Waals surface area contributed by atoms with E-state index in [1.807, 2.05) is 20.8 Å². The number of carbonyl (C=O) groups excluding carboxylic acids is 2. The Morgan fingerprint density at radius 3 is 2.20 bits per heavy atom. The van der Waals surface area contributed by atoms with Gasteiger partial charge >= 0.3 is 0 Å². The van der Waals surface area contributed by atoms with Crippen molar-refractivity contribution in [3.8, 4) is 0 Å². The second-order valence-corrected chi connectivity index (χ2v) is 3.44. The molecule has 0 aromatic rings. The maximum atomic E-state index is 11.5. The molecule has 0 atom stereocenters. The topological polar surface area (TPSA) is 49.4 Å². The first kappa shape index (κ1) is 13.9. The van der Waals surface area contributed by atoms with Gasteiger partial charge < -0.3 is 10.2 Å². The van der Waals surface area contributed by atoms with Gasteiger partial charge in [0.15, 0.2) is 0 Å². The third-order valence-electron chi connectivity index (χ3n) is 2.17. The van der Waals surface area contributed by atoms with Crippen molar-refractivity contribution >= 4 is 11.8 Å². The fourth-order valence-corrected chi connectivity index (χ4v) is 1.31. The summed E-state index contributed by atoms with van der Waals surface area (Å²) in [6.07, 6.45) is 1.98. The molecule has 0 radical (unpaired) electrons. The predicted octanol–water partition coefficient (Wildman–Crippen LogP) is 1.16. The van der Waals surface area contributed by atoms with E-state index >= 15 is 0 Å². The molecule has 1 N–H and O–H groups in total. The number of amides is 2.